The van der Waals surface area contributed by atoms with E-state index in [2.05, 4.69) is 0 Å². The van der Waals surface area contributed by atoms with Crippen molar-refractivity contribution >= 4 is 11.7 Å². The first-order valence-electron chi connectivity index (χ1n) is 5.68. The van der Waals surface area contributed by atoms with Crippen molar-refractivity contribution in [1.82, 2.24) is 0 Å². The minimum atomic E-state index is -0.707. The molecule has 1 aromatic rings. The summed E-state index contributed by atoms with van der Waals surface area (Å²) < 4.78 is 4.95. The van der Waals surface area contributed by atoms with Crippen LogP contribution in [0.4, 0.5) is 0 Å². The zero-order valence-corrected chi connectivity index (χ0v) is 10.3. The summed E-state index contributed by atoms with van der Waals surface area (Å²) in [5, 5.41) is 9.83. The molecule has 1 atom stereocenters. The van der Waals surface area contributed by atoms with Crippen molar-refractivity contribution in [2.45, 2.75) is 0 Å². The van der Waals surface area contributed by atoms with Gasteiger partial charge in [-0.15, -0.1) is 0 Å². The monoisotopic (exact) mass is 256 g/mol. The number of rotatable bonds is 3. The lowest BCUT2D eigenvalue weighted by Gasteiger charge is -2.14. The second-order valence-electron chi connectivity index (χ2n) is 4.03. The van der Waals surface area contributed by atoms with E-state index in [1.54, 1.807) is 30.2 Å². The molecule has 0 saturated carbocycles. The Morgan fingerprint density at radius 3 is 2.79 bits per heavy atom. The molecule has 0 heterocycles. The van der Waals surface area contributed by atoms with Crippen molar-refractivity contribution in [2.75, 3.05) is 7.11 Å². The van der Waals surface area contributed by atoms with Crippen LogP contribution in [0.2, 0.25) is 0 Å². The molecule has 19 heavy (non-hydrogen) atoms. The number of carbonyl (C=O) groups is 1. The SMILES string of the molecule is COc1ccc(C(=O)C2C=CC=CC2=C=O)c(O)c1. The van der Waals surface area contributed by atoms with Crippen LogP contribution in [0, 0.1) is 5.92 Å². The Morgan fingerprint density at radius 1 is 1.37 bits per heavy atom. The van der Waals surface area contributed by atoms with Crippen molar-refractivity contribution in [3.8, 4) is 11.5 Å². The van der Waals surface area contributed by atoms with Gasteiger partial charge in [0.25, 0.3) is 0 Å². The van der Waals surface area contributed by atoms with E-state index in [9.17, 15) is 14.7 Å². The molecule has 0 bridgehead atoms. The largest absolute Gasteiger partial charge is 0.507 e. The average molecular weight is 256 g/mol. The second kappa shape index (κ2) is 5.38. The Balaban J connectivity index is 2.37. The highest BCUT2D eigenvalue weighted by Crippen LogP contribution is 2.29. The first-order chi connectivity index (χ1) is 9.17. The lowest BCUT2D eigenvalue weighted by molar-refractivity contribution is 0.0959. The van der Waals surface area contributed by atoms with Crippen LogP contribution in [0.15, 0.2) is 48.1 Å². The van der Waals surface area contributed by atoms with Gasteiger partial charge in [0.1, 0.15) is 17.4 Å². The highest BCUT2D eigenvalue weighted by molar-refractivity contribution is 6.04. The summed E-state index contributed by atoms with van der Waals surface area (Å²) in [6.07, 6.45) is 6.49. The Labute approximate surface area is 110 Å². The van der Waals surface area contributed by atoms with Crippen LogP contribution in [0.1, 0.15) is 10.4 Å². The summed E-state index contributed by atoms with van der Waals surface area (Å²) in [7, 11) is 1.47. The Bertz CT molecular complexity index is 619. The zero-order chi connectivity index (χ0) is 13.8. The van der Waals surface area contributed by atoms with Gasteiger partial charge in [-0.25, -0.2) is 4.79 Å². The summed E-state index contributed by atoms with van der Waals surface area (Å²) in [6.45, 7) is 0. The highest BCUT2D eigenvalue weighted by Gasteiger charge is 2.24. The number of phenolic OH excluding ortho intramolecular Hbond substituents is 1. The molecule has 0 aliphatic heterocycles. The van der Waals surface area contributed by atoms with Gasteiger partial charge >= 0.3 is 0 Å². The minimum Gasteiger partial charge on any atom is -0.507 e. The Hall–Kier alpha value is -2.58. The molecule has 1 N–H and O–H groups in total. The normalized spacial score (nSPS) is 17.1. The van der Waals surface area contributed by atoms with E-state index in [1.165, 1.54) is 25.3 Å². The predicted molar refractivity (Wildman–Crippen MR) is 70.0 cm³/mol. The number of hydrogen-bond acceptors (Lipinski definition) is 4. The van der Waals surface area contributed by atoms with Crippen LogP contribution in [0.5, 0.6) is 11.5 Å². The third-order valence-corrected chi connectivity index (χ3v) is 2.90. The van der Waals surface area contributed by atoms with Crippen molar-refractivity contribution in [1.29, 1.82) is 0 Å². The summed E-state index contributed by atoms with van der Waals surface area (Å²) in [5.74, 6) is 0.982. The number of ketones is 1. The number of benzene rings is 1. The number of ether oxygens (including phenoxy) is 1. The number of hydrogen-bond donors (Lipinski definition) is 1. The average Bonchev–Trinajstić information content (AvgIpc) is 2.46. The molecule has 1 aromatic carbocycles. The number of aromatic hydroxyl groups is 1. The van der Waals surface area contributed by atoms with Crippen LogP contribution < -0.4 is 4.74 Å². The fourth-order valence-electron chi connectivity index (χ4n) is 1.88. The van der Waals surface area contributed by atoms with E-state index in [0.717, 1.165) is 0 Å². The van der Waals surface area contributed by atoms with Gasteiger partial charge in [0, 0.05) is 6.07 Å². The topological polar surface area (TPSA) is 63.6 Å². The molecular weight excluding hydrogens is 244 g/mol. The van der Waals surface area contributed by atoms with Crippen molar-refractivity contribution in [3.63, 3.8) is 0 Å². The van der Waals surface area contributed by atoms with Gasteiger partial charge in [-0.1, -0.05) is 18.2 Å². The third kappa shape index (κ3) is 2.49. The van der Waals surface area contributed by atoms with E-state index in [1.807, 2.05) is 0 Å². The van der Waals surface area contributed by atoms with Gasteiger partial charge in [-0.05, 0) is 18.2 Å². The lowest BCUT2D eigenvalue weighted by Crippen LogP contribution is -2.16. The van der Waals surface area contributed by atoms with Gasteiger partial charge in [0.05, 0.1) is 24.2 Å². The minimum absolute atomic E-state index is 0.151. The molecule has 0 spiro atoms. The van der Waals surface area contributed by atoms with Gasteiger partial charge in [0.2, 0.25) is 0 Å². The fraction of sp³-hybridized carbons (Fsp3) is 0.133. The number of Topliss-reactive ketones (excluding diaryl/α,β-unsaturated/α-hetero) is 1. The summed E-state index contributed by atoms with van der Waals surface area (Å²) >= 11 is 0. The maximum Gasteiger partial charge on any atom is 0.178 e. The first-order valence-corrected chi connectivity index (χ1v) is 5.68. The van der Waals surface area contributed by atoms with E-state index in [-0.39, 0.29) is 22.7 Å². The number of carbonyl (C=O) groups excluding carboxylic acids is 2. The van der Waals surface area contributed by atoms with E-state index >= 15 is 0 Å². The van der Waals surface area contributed by atoms with E-state index in [4.69, 9.17) is 4.74 Å². The van der Waals surface area contributed by atoms with Crippen LogP contribution in [-0.4, -0.2) is 23.9 Å². The Morgan fingerprint density at radius 2 is 2.16 bits per heavy atom. The quantitative estimate of drug-likeness (QED) is 0.664. The summed E-state index contributed by atoms with van der Waals surface area (Å²) in [5.41, 5.74) is 0.404. The fourth-order valence-corrected chi connectivity index (χ4v) is 1.88. The molecule has 1 aliphatic carbocycles. The van der Waals surface area contributed by atoms with Gasteiger partial charge in [-0.2, -0.15) is 0 Å². The molecule has 96 valence electrons. The van der Waals surface area contributed by atoms with Crippen molar-refractivity contribution < 1.29 is 19.4 Å². The van der Waals surface area contributed by atoms with Crippen LogP contribution in [0.3, 0.4) is 0 Å². The van der Waals surface area contributed by atoms with Crippen LogP contribution in [-0.2, 0) is 4.79 Å². The molecule has 0 aromatic heterocycles. The summed E-state index contributed by atoms with van der Waals surface area (Å²) in [6, 6.07) is 4.42. The standard InChI is InChI=1S/C15H12O4/c1-19-11-6-7-13(14(17)8-11)15(18)12-5-3-2-4-10(12)9-16/h2-8,12,17H,1H3. The molecule has 4 nitrogen and oxygen atoms in total. The predicted octanol–water partition coefficient (Wildman–Crippen LogP) is 2.08. The molecule has 2 rings (SSSR count). The van der Waals surface area contributed by atoms with Crippen molar-refractivity contribution in [3.05, 3.63) is 53.6 Å². The van der Waals surface area contributed by atoms with Crippen molar-refractivity contribution in [2.24, 2.45) is 5.92 Å². The molecule has 0 amide bonds. The molecule has 1 unspecified atom stereocenters. The maximum atomic E-state index is 12.3. The van der Waals surface area contributed by atoms with Gasteiger partial charge in [-0.3, -0.25) is 4.79 Å². The molecule has 0 radical (unpaired) electrons. The van der Waals surface area contributed by atoms with E-state index in [0.29, 0.717) is 5.75 Å². The maximum absolute atomic E-state index is 12.3. The second-order valence-corrected chi connectivity index (χ2v) is 4.03. The highest BCUT2D eigenvalue weighted by atomic mass is 16.5. The smallest absolute Gasteiger partial charge is 0.178 e. The number of phenols is 1. The van der Waals surface area contributed by atoms with Crippen LogP contribution in [0.25, 0.3) is 0 Å². The van der Waals surface area contributed by atoms with Crippen LogP contribution >= 0.6 is 0 Å². The lowest BCUT2D eigenvalue weighted by atomic mass is 9.88. The molecule has 1 aliphatic rings. The zero-order valence-electron chi connectivity index (χ0n) is 10.3. The number of allylic oxidation sites excluding steroid dienone is 5. The molecular formula is C15H12O4. The summed E-state index contributed by atoms with van der Waals surface area (Å²) in [4.78, 5) is 23.1. The molecule has 0 saturated heterocycles. The first kappa shape index (κ1) is 12.9. The van der Waals surface area contributed by atoms with Gasteiger partial charge < -0.3 is 9.84 Å². The molecule has 4 heteroatoms. The van der Waals surface area contributed by atoms with Gasteiger partial charge in [0.15, 0.2) is 5.78 Å². The van der Waals surface area contributed by atoms with E-state index < -0.39 is 5.92 Å². The third-order valence-electron chi connectivity index (χ3n) is 2.90. The molecule has 0 fully saturated rings. The number of methoxy groups -OCH3 is 1. The Kier molecular flexibility index (Phi) is 3.64.